The van der Waals surface area contributed by atoms with Crippen molar-refractivity contribution in [3.8, 4) is 11.5 Å². The summed E-state index contributed by atoms with van der Waals surface area (Å²) in [7, 11) is 6.31. The first-order chi connectivity index (χ1) is 18.3. The molecule has 3 aliphatic rings. The molecule has 1 atom stereocenters. The highest BCUT2D eigenvalue weighted by Crippen LogP contribution is 2.38. The van der Waals surface area contributed by atoms with E-state index in [-0.39, 0.29) is 12.7 Å². The normalized spacial score (nSPS) is 20.9. The number of amides is 1. The summed E-state index contributed by atoms with van der Waals surface area (Å²) >= 11 is 1.44. The molecule has 13 heteroatoms. The Labute approximate surface area is 225 Å². The third kappa shape index (κ3) is 4.90. The van der Waals surface area contributed by atoms with Crippen molar-refractivity contribution in [2.75, 3.05) is 32.2 Å². The fourth-order valence-electron chi connectivity index (χ4n) is 5.11. The number of hydrogen-bond acceptors (Lipinski definition) is 10. The minimum Gasteiger partial charge on any atom is -0.454 e. The zero-order valence-corrected chi connectivity index (χ0v) is 22.2. The molecule has 5 heterocycles. The average molecular weight is 536 g/mol. The van der Waals surface area contributed by atoms with Crippen LogP contribution in [0, 0.1) is 5.92 Å². The van der Waals surface area contributed by atoms with Crippen molar-refractivity contribution in [1.29, 1.82) is 0 Å². The van der Waals surface area contributed by atoms with Crippen LogP contribution in [0.2, 0.25) is 0 Å². The Kier molecular flexibility index (Phi) is 6.61. The lowest BCUT2D eigenvalue weighted by atomic mass is 9.93. The molecule has 1 aromatic carbocycles. The maximum Gasteiger partial charge on any atom is 0.254 e. The van der Waals surface area contributed by atoms with E-state index >= 15 is 0 Å². The molecule has 2 N–H and O–H groups in total. The summed E-state index contributed by atoms with van der Waals surface area (Å²) < 4.78 is 24.4. The minimum atomic E-state index is -0.708. The summed E-state index contributed by atoms with van der Waals surface area (Å²) in [4.78, 5) is 29.0. The summed E-state index contributed by atoms with van der Waals surface area (Å²) in [5.74, 6) is 1.39. The van der Waals surface area contributed by atoms with Gasteiger partial charge in [0, 0.05) is 24.5 Å². The first kappa shape index (κ1) is 25.3. The molecule has 3 aliphatic heterocycles. The molecule has 3 aromatic rings. The quantitative estimate of drug-likeness (QED) is 0.467. The molecular weight excluding hydrogens is 507 g/mol. The van der Waals surface area contributed by atoms with Gasteiger partial charge in [0.1, 0.15) is 14.2 Å². The molecule has 1 amide bonds. The van der Waals surface area contributed by atoms with E-state index in [1.54, 1.807) is 6.07 Å². The van der Waals surface area contributed by atoms with Gasteiger partial charge in [-0.3, -0.25) is 4.79 Å². The molecule has 0 unspecified atom stereocenters. The summed E-state index contributed by atoms with van der Waals surface area (Å²) in [6, 6.07) is 3.64. The summed E-state index contributed by atoms with van der Waals surface area (Å²) in [5.41, 5.74) is 7.96. The number of nitrogens with two attached hydrogens (primary N) is 1. The number of nitrogens with zero attached hydrogens (tertiary/aromatic N) is 5. The molecule has 2 fully saturated rings. The largest absolute Gasteiger partial charge is 0.454 e. The van der Waals surface area contributed by atoms with Crippen LogP contribution in [0.5, 0.6) is 11.5 Å². The third-order valence-corrected chi connectivity index (χ3v) is 8.27. The van der Waals surface area contributed by atoms with Crippen LogP contribution in [0.3, 0.4) is 0 Å². The Balaban J connectivity index is 1.15. The van der Waals surface area contributed by atoms with E-state index in [4.69, 9.17) is 37.5 Å². The predicted molar refractivity (Wildman–Crippen MR) is 141 cm³/mol. The van der Waals surface area contributed by atoms with Gasteiger partial charge in [-0.2, -0.15) is 0 Å². The van der Waals surface area contributed by atoms with Crippen molar-refractivity contribution in [2.45, 2.75) is 61.6 Å². The summed E-state index contributed by atoms with van der Waals surface area (Å²) in [6.45, 7) is 6.26. The Hall–Kier alpha value is -3.03. The fourth-order valence-corrected chi connectivity index (χ4v) is 6.07. The van der Waals surface area contributed by atoms with E-state index in [0.29, 0.717) is 66.1 Å². The molecule has 0 saturated carbocycles. The third-order valence-electron chi connectivity index (χ3n) is 7.20. The van der Waals surface area contributed by atoms with Crippen LogP contribution in [-0.4, -0.2) is 76.6 Å². The van der Waals surface area contributed by atoms with E-state index in [0.717, 1.165) is 29.3 Å². The van der Waals surface area contributed by atoms with E-state index in [1.807, 2.05) is 24.8 Å². The smallest absolute Gasteiger partial charge is 0.254 e. The monoisotopic (exact) mass is 536 g/mol. The van der Waals surface area contributed by atoms with Gasteiger partial charge in [0.15, 0.2) is 45.5 Å². The van der Waals surface area contributed by atoms with Crippen molar-refractivity contribution in [3.63, 3.8) is 0 Å². The Morgan fingerprint density at radius 2 is 1.97 bits per heavy atom. The zero-order chi connectivity index (χ0) is 26.4. The second-order valence-electron chi connectivity index (χ2n) is 10.2. The van der Waals surface area contributed by atoms with Crippen molar-refractivity contribution in [3.05, 3.63) is 18.5 Å². The highest BCUT2D eigenvalue weighted by atomic mass is 32.2. The van der Waals surface area contributed by atoms with Crippen LogP contribution < -0.4 is 20.7 Å². The van der Waals surface area contributed by atoms with Gasteiger partial charge in [-0.15, -0.1) is 0 Å². The number of anilines is 1. The van der Waals surface area contributed by atoms with Gasteiger partial charge in [0.2, 0.25) is 6.79 Å². The number of aromatic nitrogens is 4. The van der Waals surface area contributed by atoms with Gasteiger partial charge in [0.25, 0.3) is 5.91 Å². The number of carbonyl (C=O) groups is 1. The second kappa shape index (κ2) is 9.94. The molecule has 198 valence electrons. The van der Waals surface area contributed by atoms with Gasteiger partial charge < -0.3 is 34.1 Å². The Bertz CT molecular complexity index is 1380. The van der Waals surface area contributed by atoms with Crippen molar-refractivity contribution in [1.82, 2.24) is 24.4 Å². The Morgan fingerprint density at radius 3 is 2.71 bits per heavy atom. The standard InChI is InChI=1S/C25H29BN6O5S/c1-25(2)36-11-18(37-25)23(33)31-6-3-14(4-7-31)5-8-32-22-20(21(27)28-12-29-22)30-24(32)38-19-10-17-16(9-15(19)26)34-13-35-17/h9-10,12,14,18H,3-8,11,13H2,1-2H3,(H2,27,28,29)/t18-/m0/s1. The van der Waals surface area contributed by atoms with Gasteiger partial charge in [0.05, 0.1) is 6.61 Å². The number of piperidine rings is 1. The van der Waals surface area contributed by atoms with Gasteiger partial charge in [-0.25, -0.2) is 15.0 Å². The maximum absolute atomic E-state index is 12.9. The molecule has 2 saturated heterocycles. The van der Waals surface area contributed by atoms with Gasteiger partial charge in [-0.1, -0.05) is 17.2 Å². The fraction of sp³-hybridized carbons (Fsp3) is 0.520. The SMILES string of the molecule is [B]c1cc2c(cc1Sc1nc3c(N)ncnc3n1CCC1CCN(C(=O)[C@@H]3COC(C)(C)O3)CC1)OCO2. The predicted octanol–water partition coefficient (Wildman–Crippen LogP) is 1.86. The van der Waals surface area contributed by atoms with Crippen LogP contribution in [0.1, 0.15) is 33.1 Å². The van der Waals surface area contributed by atoms with E-state index < -0.39 is 11.9 Å². The summed E-state index contributed by atoms with van der Waals surface area (Å²) in [6.07, 6.45) is 3.69. The first-order valence-corrected chi connectivity index (χ1v) is 13.5. The van der Waals surface area contributed by atoms with Crippen molar-refractivity contribution in [2.24, 2.45) is 5.92 Å². The van der Waals surface area contributed by atoms with Crippen LogP contribution in [0.4, 0.5) is 5.82 Å². The lowest BCUT2D eigenvalue weighted by Crippen LogP contribution is -2.45. The minimum absolute atomic E-state index is 0.0156. The second-order valence-corrected chi connectivity index (χ2v) is 11.2. The topological polar surface area (TPSA) is 127 Å². The number of rotatable bonds is 6. The van der Waals surface area contributed by atoms with Crippen LogP contribution >= 0.6 is 11.8 Å². The molecule has 0 spiro atoms. The summed E-state index contributed by atoms with van der Waals surface area (Å²) in [5, 5.41) is 0.728. The van der Waals surface area contributed by atoms with Crippen LogP contribution in [-0.2, 0) is 20.8 Å². The number of likely N-dealkylation sites (tertiary alicyclic amines) is 1. The lowest BCUT2D eigenvalue weighted by molar-refractivity contribution is -0.161. The van der Waals surface area contributed by atoms with Crippen molar-refractivity contribution >= 4 is 48.0 Å². The molecule has 2 aromatic heterocycles. The number of fused-ring (bicyclic) bond motifs is 2. The highest BCUT2D eigenvalue weighted by molar-refractivity contribution is 7.99. The van der Waals surface area contributed by atoms with Crippen molar-refractivity contribution < 1.29 is 23.7 Å². The maximum atomic E-state index is 12.9. The molecule has 2 radical (unpaired) electrons. The van der Waals surface area contributed by atoms with E-state index in [9.17, 15) is 4.79 Å². The molecule has 11 nitrogen and oxygen atoms in total. The molecule has 38 heavy (non-hydrogen) atoms. The van der Waals surface area contributed by atoms with Gasteiger partial charge >= 0.3 is 0 Å². The zero-order valence-electron chi connectivity index (χ0n) is 21.4. The van der Waals surface area contributed by atoms with E-state index in [1.165, 1.54) is 18.1 Å². The van der Waals surface area contributed by atoms with Gasteiger partial charge in [-0.05, 0) is 51.2 Å². The first-order valence-electron chi connectivity index (χ1n) is 12.7. The number of aryl methyl sites for hydroxylation is 1. The molecular formula is C25H29BN6O5S. The lowest BCUT2D eigenvalue weighted by Gasteiger charge is -2.33. The average Bonchev–Trinajstić information content (AvgIpc) is 3.60. The van der Waals surface area contributed by atoms with Crippen LogP contribution in [0.25, 0.3) is 11.2 Å². The molecule has 0 aliphatic carbocycles. The number of imidazole rings is 1. The number of carbonyl (C=O) groups excluding carboxylic acids is 1. The number of ether oxygens (including phenoxy) is 4. The Morgan fingerprint density at radius 1 is 1.21 bits per heavy atom. The van der Waals surface area contributed by atoms with Crippen LogP contribution in [0.15, 0.2) is 28.5 Å². The molecule has 0 bridgehead atoms. The van der Waals surface area contributed by atoms with E-state index in [2.05, 4.69) is 14.5 Å². The number of nitrogen functional groups attached to an aromatic ring is 1. The number of hydrogen-bond donors (Lipinski definition) is 1. The highest BCUT2D eigenvalue weighted by Gasteiger charge is 2.39. The number of benzene rings is 1. The molecule has 6 rings (SSSR count).